The maximum atomic E-state index is 12.3. The van der Waals surface area contributed by atoms with Gasteiger partial charge in [0.15, 0.2) is 0 Å². The Morgan fingerprint density at radius 1 is 1.33 bits per heavy atom. The first-order valence-corrected chi connectivity index (χ1v) is 8.75. The van der Waals surface area contributed by atoms with E-state index < -0.39 is 30.5 Å². The van der Waals surface area contributed by atoms with Gasteiger partial charge in [-0.3, -0.25) is 0 Å². The predicted molar refractivity (Wildman–Crippen MR) is 83.3 cm³/mol. The highest BCUT2D eigenvalue weighted by atomic mass is 19.4. The molecule has 0 aromatic heterocycles. The summed E-state index contributed by atoms with van der Waals surface area (Å²) in [5.74, 6) is 0.310. The Bertz CT molecular complexity index is 451. The summed E-state index contributed by atoms with van der Waals surface area (Å²) in [5, 5.41) is 12.6. The average molecular weight is 351 g/mol. The van der Waals surface area contributed by atoms with Crippen LogP contribution in [0.25, 0.3) is 0 Å². The molecule has 2 fully saturated rings. The second kappa shape index (κ2) is 7.10. The normalized spacial score (nSPS) is 37.0. The van der Waals surface area contributed by atoms with Crippen molar-refractivity contribution in [3.63, 3.8) is 0 Å². The monoisotopic (exact) mass is 351 g/mol. The standard InChI is InChI=1S/C17H28F3NO3/c1-10(2)12-7-6-11-5-4-8-16(3,23)13(11)14(12)24-15(22)21-9-17(18,19)20/h10-14,23H,4-9H2,1-3H3,(H,21,22). The quantitative estimate of drug-likeness (QED) is 0.811. The van der Waals surface area contributed by atoms with E-state index in [0.717, 1.165) is 25.7 Å². The lowest BCUT2D eigenvalue weighted by Crippen LogP contribution is -2.56. The molecule has 0 aromatic carbocycles. The van der Waals surface area contributed by atoms with Crippen molar-refractivity contribution in [1.29, 1.82) is 0 Å². The SMILES string of the molecule is CC(C)C1CCC2CCCC(C)(O)C2C1OC(=O)NCC(F)(F)F. The number of hydrogen-bond acceptors (Lipinski definition) is 3. The molecule has 0 radical (unpaired) electrons. The van der Waals surface area contributed by atoms with Gasteiger partial charge >= 0.3 is 12.3 Å². The zero-order valence-electron chi connectivity index (χ0n) is 14.5. The number of aliphatic hydroxyl groups is 1. The van der Waals surface area contributed by atoms with E-state index in [0.29, 0.717) is 6.42 Å². The van der Waals surface area contributed by atoms with Gasteiger partial charge in [-0.25, -0.2) is 4.79 Å². The van der Waals surface area contributed by atoms with Gasteiger partial charge in [0.2, 0.25) is 0 Å². The molecule has 140 valence electrons. The molecule has 0 bridgehead atoms. The Morgan fingerprint density at radius 3 is 2.58 bits per heavy atom. The molecule has 2 rings (SSSR count). The van der Waals surface area contributed by atoms with E-state index >= 15 is 0 Å². The largest absolute Gasteiger partial charge is 0.446 e. The smallest absolute Gasteiger partial charge is 0.407 e. The van der Waals surface area contributed by atoms with Gasteiger partial charge in [0, 0.05) is 5.92 Å². The van der Waals surface area contributed by atoms with Crippen molar-refractivity contribution in [3.8, 4) is 0 Å². The van der Waals surface area contributed by atoms with Crippen LogP contribution >= 0.6 is 0 Å². The van der Waals surface area contributed by atoms with Gasteiger partial charge in [0.1, 0.15) is 12.6 Å². The summed E-state index contributed by atoms with van der Waals surface area (Å²) in [6.07, 6.45) is -1.72. The first-order chi connectivity index (χ1) is 11.0. The second-order valence-corrected chi connectivity index (χ2v) is 7.86. The van der Waals surface area contributed by atoms with E-state index in [1.54, 1.807) is 12.2 Å². The van der Waals surface area contributed by atoms with Crippen molar-refractivity contribution >= 4 is 6.09 Å². The highest BCUT2D eigenvalue weighted by Crippen LogP contribution is 2.50. The van der Waals surface area contributed by atoms with E-state index in [4.69, 9.17) is 4.74 Å². The van der Waals surface area contributed by atoms with Crippen LogP contribution < -0.4 is 5.32 Å². The highest BCUT2D eigenvalue weighted by Gasteiger charge is 2.52. The second-order valence-electron chi connectivity index (χ2n) is 7.86. The summed E-state index contributed by atoms with van der Waals surface area (Å²) >= 11 is 0. The molecular weight excluding hydrogens is 323 g/mol. The molecule has 2 aliphatic carbocycles. The maximum Gasteiger partial charge on any atom is 0.407 e. The first-order valence-electron chi connectivity index (χ1n) is 8.75. The number of hydrogen-bond donors (Lipinski definition) is 2. The minimum absolute atomic E-state index is 0.0486. The van der Waals surface area contributed by atoms with Crippen molar-refractivity contribution in [1.82, 2.24) is 5.32 Å². The predicted octanol–water partition coefficient (Wildman–Crippen LogP) is 3.88. The van der Waals surface area contributed by atoms with E-state index in [-0.39, 0.29) is 23.7 Å². The summed E-state index contributed by atoms with van der Waals surface area (Å²) in [6, 6.07) is 0. The molecule has 5 unspecified atom stereocenters. The fraction of sp³-hybridized carbons (Fsp3) is 0.941. The van der Waals surface area contributed by atoms with Crippen molar-refractivity contribution in [3.05, 3.63) is 0 Å². The number of fused-ring (bicyclic) bond motifs is 1. The first kappa shape index (κ1) is 19.3. The maximum absolute atomic E-state index is 12.3. The summed E-state index contributed by atoms with van der Waals surface area (Å²) in [4.78, 5) is 11.9. The Hall–Kier alpha value is -0.980. The molecule has 4 nitrogen and oxygen atoms in total. The Kier molecular flexibility index (Phi) is 5.72. The van der Waals surface area contributed by atoms with Gasteiger partial charge < -0.3 is 15.2 Å². The van der Waals surface area contributed by atoms with Crippen molar-refractivity contribution in [2.75, 3.05) is 6.54 Å². The number of nitrogens with one attached hydrogen (secondary N) is 1. The van der Waals surface area contributed by atoms with Crippen LogP contribution in [0.2, 0.25) is 0 Å². The van der Waals surface area contributed by atoms with Crippen LogP contribution in [-0.2, 0) is 4.74 Å². The number of amides is 1. The van der Waals surface area contributed by atoms with Gasteiger partial charge in [-0.2, -0.15) is 13.2 Å². The molecule has 5 atom stereocenters. The van der Waals surface area contributed by atoms with Gasteiger partial charge in [-0.1, -0.05) is 20.3 Å². The molecule has 2 saturated carbocycles. The Balaban J connectivity index is 2.14. The molecule has 2 N–H and O–H groups in total. The molecule has 1 amide bonds. The molecule has 0 heterocycles. The van der Waals surface area contributed by atoms with E-state index in [1.807, 2.05) is 13.8 Å². The molecule has 7 heteroatoms. The van der Waals surface area contributed by atoms with Gasteiger partial charge in [0.05, 0.1) is 5.60 Å². The third-order valence-corrected chi connectivity index (χ3v) is 5.66. The van der Waals surface area contributed by atoms with Gasteiger partial charge in [-0.05, 0) is 50.4 Å². The topological polar surface area (TPSA) is 58.6 Å². The van der Waals surface area contributed by atoms with Gasteiger partial charge in [-0.15, -0.1) is 0 Å². The molecule has 0 spiro atoms. The van der Waals surface area contributed by atoms with Crippen LogP contribution in [0.5, 0.6) is 0 Å². The fourth-order valence-corrected chi connectivity index (χ4v) is 4.57. The zero-order chi connectivity index (χ0) is 18.1. The summed E-state index contributed by atoms with van der Waals surface area (Å²) in [5.41, 5.74) is -0.953. The molecular formula is C17H28F3NO3. The number of alkyl halides is 3. The lowest BCUT2D eigenvalue weighted by atomic mass is 9.58. The number of ether oxygens (including phenoxy) is 1. The van der Waals surface area contributed by atoms with Crippen LogP contribution in [0.3, 0.4) is 0 Å². The van der Waals surface area contributed by atoms with E-state index in [2.05, 4.69) is 0 Å². The minimum atomic E-state index is -4.47. The third kappa shape index (κ3) is 4.55. The Morgan fingerprint density at radius 2 is 2.00 bits per heavy atom. The summed E-state index contributed by atoms with van der Waals surface area (Å²) in [7, 11) is 0. The lowest BCUT2D eigenvalue weighted by molar-refractivity contribution is -0.154. The minimum Gasteiger partial charge on any atom is -0.446 e. The number of halogens is 3. The fourth-order valence-electron chi connectivity index (χ4n) is 4.57. The van der Waals surface area contributed by atoms with E-state index in [1.165, 1.54) is 0 Å². The van der Waals surface area contributed by atoms with Crippen molar-refractivity contribution in [2.24, 2.45) is 23.7 Å². The average Bonchev–Trinajstić information content (AvgIpc) is 2.43. The number of rotatable bonds is 3. The van der Waals surface area contributed by atoms with Crippen LogP contribution in [0.4, 0.5) is 18.0 Å². The Labute approximate surface area is 141 Å². The molecule has 0 saturated heterocycles. The van der Waals surface area contributed by atoms with Crippen LogP contribution in [0, 0.1) is 23.7 Å². The third-order valence-electron chi connectivity index (χ3n) is 5.66. The van der Waals surface area contributed by atoms with Crippen LogP contribution in [0.1, 0.15) is 52.9 Å². The number of carbonyl (C=O) groups excluding carboxylic acids is 1. The zero-order valence-corrected chi connectivity index (χ0v) is 14.5. The summed E-state index contributed by atoms with van der Waals surface area (Å²) in [6.45, 7) is 4.39. The molecule has 0 aliphatic heterocycles. The number of alkyl carbamates (subject to hydrolysis) is 1. The lowest BCUT2D eigenvalue weighted by Gasteiger charge is -2.52. The van der Waals surface area contributed by atoms with Crippen LogP contribution in [-0.4, -0.2) is 35.6 Å². The van der Waals surface area contributed by atoms with Crippen molar-refractivity contribution in [2.45, 2.75) is 70.8 Å². The number of carbonyl (C=O) groups is 1. The van der Waals surface area contributed by atoms with Gasteiger partial charge in [0.25, 0.3) is 0 Å². The van der Waals surface area contributed by atoms with Crippen molar-refractivity contribution < 1.29 is 27.8 Å². The molecule has 24 heavy (non-hydrogen) atoms. The summed E-state index contributed by atoms with van der Waals surface area (Å²) < 4.78 is 42.3. The van der Waals surface area contributed by atoms with Crippen LogP contribution in [0.15, 0.2) is 0 Å². The highest BCUT2D eigenvalue weighted by molar-refractivity contribution is 5.67. The molecule has 0 aromatic rings. The molecule has 2 aliphatic rings. The van der Waals surface area contributed by atoms with E-state index in [9.17, 15) is 23.1 Å².